The van der Waals surface area contributed by atoms with Crippen LogP contribution in [-0.2, 0) is 4.79 Å². The second-order valence-corrected chi connectivity index (χ2v) is 8.77. The summed E-state index contributed by atoms with van der Waals surface area (Å²) < 4.78 is 0. The fourth-order valence-electron chi connectivity index (χ4n) is 2.43. The topological polar surface area (TPSA) is 54.9 Å². The van der Waals surface area contributed by atoms with Crippen LogP contribution in [0.2, 0.25) is 5.02 Å². The van der Waals surface area contributed by atoms with Crippen LogP contribution in [0.25, 0.3) is 10.2 Å². The molecule has 1 atom stereocenters. The number of halogens is 1. The Hall–Kier alpha value is -1.63. The van der Waals surface area contributed by atoms with Crippen molar-refractivity contribution in [1.29, 1.82) is 0 Å². The van der Waals surface area contributed by atoms with Crippen molar-refractivity contribution in [2.75, 3.05) is 5.32 Å². The molecule has 0 aliphatic rings. The summed E-state index contributed by atoms with van der Waals surface area (Å²) in [5.74, 6) is 0.639. The van der Waals surface area contributed by atoms with Crippen molar-refractivity contribution < 1.29 is 4.79 Å². The molecule has 0 fully saturated rings. The average Bonchev–Trinajstić information content (AvgIpc) is 2.81. The molecule has 1 N–H and O–H groups in total. The summed E-state index contributed by atoms with van der Waals surface area (Å²) in [7, 11) is 0. The van der Waals surface area contributed by atoms with E-state index in [2.05, 4.69) is 29.1 Å². The third-order valence-electron chi connectivity index (χ3n) is 3.86. The SMILES string of the molecule is Cc1nc(S[C@H](C)C(=O)Nc2cccc(Cl)c2)c2c(C)c(C)sc2n1. The molecule has 7 heteroatoms. The number of carbonyl (C=O) groups is 1. The number of hydrogen-bond acceptors (Lipinski definition) is 5. The van der Waals surface area contributed by atoms with Gasteiger partial charge < -0.3 is 5.32 Å². The highest BCUT2D eigenvalue weighted by atomic mass is 35.5. The molecular weight excluding hydrogens is 374 g/mol. The number of aromatic nitrogens is 2. The molecule has 4 nitrogen and oxygen atoms in total. The summed E-state index contributed by atoms with van der Waals surface area (Å²) in [6.07, 6.45) is 0. The van der Waals surface area contributed by atoms with Crippen LogP contribution in [0, 0.1) is 20.8 Å². The predicted octanol–water partition coefficient (Wildman–Crippen LogP) is 5.39. The van der Waals surface area contributed by atoms with E-state index in [0.29, 0.717) is 10.7 Å². The summed E-state index contributed by atoms with van der Waals surface area (Å²) >= 11 is 9.09. The number of carbonyl (C=O) groups excluding carboxylic acids is 1. The second kappa shape index (κ2) is 7.32. The number of fused-ring (bicyclic) bond motifs is 1. The van der Waals surface area contributed by atoms with Gasteiger partial charge in [0.1, 0.15) is 15.7 Å². The minimum atomic E-state index is -0.295. The standard InChI is InChI=1S/C18H18ClN3OS2/c1-9-10(2)24-17-15(9)18(21-12(4)20-17)25-11(3)16(23)22-14-7-5-6-13(19)8-14/h5-8,11H,1-4H3,(H,22,23)/t11-/m1/s1. The van der Waals surface area contributed by atoms with Crippen LogP contribution in [0.4, 0.5) is 5.69 Å². The minimum Gasteiger partial charge on any atom is -0.325 e. The molecule has 1 amide bonds. The van der Waals surface area contributed by atoms with Crippen LogP contribution in [0.5, 0.6) is 0 Å². The highest BCUT2D eigenvalue weighted by Gasteiger charge is 2.20. The Kier molecular flexibility index (Phi) is 5.32. The van der Waals surface area contributed by atoms with E-state index >= 15 is 0 Å². The van der Waals surface area contributed by atoms with Gasteiger partial charge in [0.2, 0.25) is 5.91 Å². The zero-order valence-corrected chi connectivity index (χ0v) is 16.8. The third-order valence-corrected chi connectivity index (χ3v) is 6.28. The zero-order valence-electron chi connectivity index (χ0n) is 14.4. The van der Waals surface area contributed by atoms with Gasteiger partial charge in [0.15, 0.2) is 0 Å². The summed E-state index contributed by atoms with van der Waals surface area (Å²) in [5, 5.41) is 5.11. The van der Waals surface area contributed by atoms with Crippen molar-refractivity contribution in [2.24, 2.45) is 0 Å². The third kappa shape index (κ3) is 3.97. The molecule has 0 radical (unpaired) electrons. The van der Waals surface area contributed by atoms with E-state index in [1.54, 1.807) is 23.5 Å². The monoisotopic (exact) mass is 391 g/mol. The molecule has 25 heavy (non-hydrogen) atoms. The Morgan fingerprint density at radius 1 is 1.28 bits per heavy atom. The summed E-state index contributed by atoms with van der Waals surface area (Å²) in [5.41, 5.74) is 1.88. The minimum absolute atomic E-state index is 0.0821. The van der Waals surface area contributed by atoms with Gasteiger partial charge in [-0.05, 0) is 51.5 Å². The molecule has 0 saturated carbocycles. The Balaban J connectivity index is 1.84. The molecule has 2 heterocycles. The van der Waals surface area contributed by atoms with E-state index in [-0.39, 0.29) is 11.2 Å². The number of nitrogens with zero attached hydrogens (tertiary/aromatic N) is 2. The van der Waals surface area contributed by atoms with Gasteiger partial charge in [0.05, 0.1) is 5.25 Å². The first-order valence-corrected chi connectivity index (χ1v) is 9.90. The van der Waals surface area contributed by atoms with E-state index in [0.717, 1.165) is 21.1 Å². The Morgan fingerprint density at radius 3 is 2.76 bits per heavy atom. The number of hydrogen-bond donors (Lipinski definition) is 1. The molecule has 0 aliphatic heterocycles. The molecular formula is C18H18ClN3OS2. The maximum Gasteiger partial charge on any atom is 0.237 e. The summed E-state index contributed by atoms with van der Waals surface area (Å²) in [4.78, 5) is 23.8. The van der Waals surface area contributed by atoms with E-state index < -0.39 is 0 Å². The molecule has 0 bridgehead atoms. The number of thiophene rings is 1. The lowest BCUT2D eigenvalue weighted by molar-refractivity contribution is -0.115. The smallest absolute Gasteiger partial charge is 0.237 e. The first-order chi connectivity index (χ1) is 11.8. The molecule has 0 aliphatic carbocycles. The zero-order chi connectivity index (χ0) is 18.1. The number of benzene rings is 1. The molecule has 3 rings (SSSR count). The molecule has 0 saturated heterocycles. The van der Waals surface area contributed by atoms with Gasteiger partial charge in [0, 0.05) is 21.0 Å². The van der Waals surface area contributed by atoms with Gasteiger partial charge in [-0.15, -0.1) is 11.3 Å². The largest absolute Gasteiger partial charge is 0.325 e. The number of anilines is 1. The van der Waals surface area contributed by atoms with Gasteiger partial charge in [-0.2, -0.15) is 0 Å². The van der Waals surface area contributed by atoms with Crippen LogP contribution in [-0.4, -0.2) is 21.1 Å². The van der Waals surface area contributed by atoms with Gasteiger partial charge in [-0.25, -0.2) is 9.97 Å². The Labute approximate surface area is 160 Å². The Morgan fingerprint density at radius 2 is 2.04 bits per heavy atom. The van der Waals surface area contributed by atoms with Crippen LogP contribution in [0.15, 0.2) is 29.3 Å². The molecule has 130 valence electrons. The van der Waals surface area contributed by atoms with E-state index in [4.69, 9.17) is 11.6 Å². The van der Waals surface area contributed by atoms with E-state index in [1.165, 1.54) is 22.2 Å². The van der Waals surface area contributed by atoms with Gasteiger partial charge in [-0.1, -0.05) is 29.4 Å². The molecule has 0 spiro atoms. The maximum atomic E-state index is 12.5. The fraction of sp³-hybridized carbons (Fsp3) is 0.278. The molecule has 0 unspecified atom stereocenters. The number of nitrogens with one attached hydrogen (secondary N) is 1. The van der Waals surface area contributed by atoms with Gasteiger partial charge in [-0.3, -0.25) is 4.79 Å². The lowest BCUT2D eigenvalue weighted by atomic mass is 10.2. The number of rotatable bonds is 4. The normalized spacial score (nSPS) is 12.4. The van der Waals surface area contributed by atoms with Crippen molar-refractivity contribution in [1.82, 2.24) is 9.97 Å². The first kappa shape index (κ1) is 18.2. The lowest BCUT2D eigenvalue weighted by Gasteiger charge is -2.13. The van der Waals surface area contributed by atoms with Crippen LogP contribution in [0.3, 0.4) is 0 Å². The maximum absolute atomic E-state index is 12.5. The highest BCUT2D eigenvalue weighted by Crippen LogP contribution is 2.36. The second-order valence-electron chi connectivity index (χ2n) is 5.80. The van der Waals surface area contributed by atoms with Crippen molar-refractivity contribution in [2.45, 2.75) is 38.0 Å². The van der Waals surface area contributed by atoms with Crippen molar-refractivity contribution >= 4 is 56.5 Å². The molecule has 2 aromatic heterocycles. The van der Waals surface area contributed by atoms with Crippen LogP contribution in [0.1, 0.15) is 23.2 Å². The lowest BCUT2D eigenvalue weighted by Crippen LogP contribution is -2.22. The van der Waals surface area contributed by atoms with Crippen molar-refractivity contribution in [3.8, 4) is 0 Å². The summed E-state index contributed by atoms with van der Waals surface area (Å²) in [6, 6.07) is 7.14. The highest BCUT2D eigenvalue weighted by molar-refractivity contribution is 8.00. The van der Waals surface area contributed by atoms with E-state index in [1.807, 2.05) is 26.0 Å². The molecule has 1 aromatic carbocycles. The number of amides is 1. The fourth-order valence-corrected chi connectivity index (χ4v) is 4.81. The van der Waals surface area contributed by atoms with Gasteiger partial charge >= 0.3 is 0 Å². The predicted molar refractivity (Wildman–Crippen MR) is 107 cm³/mol. The first-order valence-electron chi connectivity index (χ1n) is 7.82. The van der Waals surface area contributed by atoms with Crippen LogP contribution >= 0.6 is 34.7 Å². The van der Waals surface area contributed by atoms with Crippen LogP contribution < -0.4 is 5.32 Å². The molecule has 3 aromatic rings. The average molecular weight is 392 g/mol. The van der Waals surface area contributed by atoms with Crippen molar-refractivity contribution in [3.05, 3.63) is 45.6 Å². The summed E-state index contributed by atoms with van der Waals surface area (Å²) in [6.45, 7) is 7.92. The number of thioether (sulfide) groups is 1. The Bertz CT molecular complexity index is 955. The number of aryl methyl sites for hydroxylation is 3. The van der Waals surface area contributed by atoms with Crippen molar-refractivity contribution in [3.63, 3.8) is 0 Å². The quantitative estimate of drug-likeness (QED) is 0.478. The van der Waals surface area contributed by atoms with E-state index in [9.17, 15) is 4.79 Å². The van der Waals surface area contributed by atoms with Gasteiger partial charge in [0.25, 0.3) is 0 Å².